The second kappa shape index (κ2) is 3.86. The van der Waals surface area contributed by atoms with Crippen LogP contribution in [0.15, 0.2) is 12.1 Å². The largest absolute Gasteiger partial charge is 0.502 e. The molecule has 0 saturated heterocycles. The molecule has 5 nitrogen and oxygen atoms in total. The van der Waals surface area contributed by atoms with Crippen LogP contribution in [-0.2, 0) is 0 Å². The van der Waals surface area contributed by atoms with Crippen LogP contribution in [-0.4, -0.2) is 24.5 Å². The molecule has 71 valence electrons. The van der Waals surface area contributed by atoms with E-state index in [9.17, 15) is 5.11 Å². The Morgan fingerprint density at radius 2 is 1.62 bits per heavy atom. The number of ether oxygens (including phenoxy) is 2. The van der Waals surface area contributed by atoms with Crippen molar-refractivity contribution in [1.29, 1.82) is 0 Å². The van der Waals surface area contributed by atoms with Gasteiger partial charge in [-0.1, -0.05) is 0 Å². The minimum Gasteiger partial charge on any atom is -0.502 e. The summed E-state index contributed by atoms with van der Waals surface area (Å²) in [7, 11) is 2.80. The molecule has 2 N–H and O–H groups in total. The van der Waals surface area contributed by atoms with Crippen molar-refractivity contribution in [2.45, 2.75) is 0 Å². The summed E-state index contributed by atoms with van der Waals surface area (Å²) in [5.41, 5.74) is 3.21. The van der Waals surface area contributed by atoms with Crippen LogP contribution in [0.4, 0.5) is 5.69 Å². The molecule has 0 unspecified atom stereocenters. The highest BCUT2D eigenvalue weighted by molar-refractivity contribution is 5.58. The quantitative estimate of drug-likeness (QED) is 0.688. The predicted molar refractivity (Wildman–Crippen MR) is 44.8 cm³/mol. The Morgan fingerprint density at radius 1 is 1.15 bits per heavy atom. The van der Waals surface area contributed by atoms with Gasteiger partial charge in [-0.15, -0.1) is 5.48 Å². The van der Waals surface area contributed by atoms with Crippen molar-refractivity contribution in [3.63, 3.8) is 0 Å². The Hall–Kier alpha value is -1.62. The number of phenolic OH excluding ortho intramolecular Hbond substituents is 1. The molecule has 0 heterocycles. The molecule has 0 amide bonds. The minimum atomic E-state index is -0.114. The van der Waals surface area contributed by atoms with E-state index in [1.54, 1.807) is 0 Å². The molecular weight excluding hydrogens is 174 g/mol. The van der Waals surface area contributed by atoms with Gasteiger partial charge >= 0.3 is 0 Å². The maximum Gasteiger partial charge on any atom is 0.200 e. The topological polar surface area (TPSA) is 73.0 Å². The first-order valence-electron chi connectivity index (χ1n) is 3.53. The summed E-state index contributed by atoms with van der Waals surface area (Å²) in [6, 6.07) is 2.77. The van der Waals surface area contributed by atoms with Gasteiger partial charge in [-0.2, -0.15) is 0 Å². The first kappa shape index (κ1) is 9.47. The van der Waals surface area contributed by atoms with E-state index in [2.05, 4.69) is 5.48 Å². The van der Waals surface area contributed by atoms with E-state index in [4.69, 9.17) is 14.7 Å². The molecule has 0 fully saturated rings. The average molecular weight is 184 g/mol. The molecule has 0 saturated carbocycles. The maximum absolute atomic E-state index is 9.44. The summed E-state index contributed by atoms with van der Waals surface area (Å²) < 4.78 is 9.66. The van der Waals surface area contributed by atoms with E-state index in [-0.39, 0.29) is 22.9 Å². The fourth-order valence-electron chi connectivity index (χ4n) is 0.937. The normalized spacial score (nSPS) is 9.46. The summed E-state index contributed by atoms with van der Waals surface area (Å²) in [6.45, 7) is 0. The van der Waals surface area contributed by atoms with Gasteiger partial charge in [-0.05, 0) is 0 Å². The Labute approximate surface area is 75.5 Å². The highest BCUT2D eigenvalue weighted by Gasteiger charge is 2.10. The van der Waals surface area contributed by atoms with Crippen LogP contribution in [0.3, 0.4) is 0 Å². The highest BCUT2D eigenvalue weighted by Crippen LogP contribution is 2.38. The highest BCUT2D eigenvalue weighted by atomic mass is 16.5. The second-order valence-electron chi connectivity index (χ2n) is 2.30. The number of phenols is 1. The van der Waals surface area contributed by atoms with Crippen molar-refractivity contribution in [2.75, 3.05) is 14.2 Å². The monoisotopic (exact) mass is 184 g/mol. The third-order valence-electron chi connectivity index (χ3n) is 1.58. The third-order valence-corrected chi connectivity index (χ3v) is 1.58. The first-order valence-corrected chi connectivity index (χ1v) is 3.53. The van der Waals surface area contributed by atoms with Crippen LogP contribution in [0.1, 0.15) is 0 Å². The summed E-state index contributed by atoms with van der Waals surface area (Å²) in [5, 5.41) is 17.9. The van der Waals surface area contributed by atoms with Crippen LogP contribution in [0.25, 0.3) is 0 Å². The number of aromatic hydroxyl groups is 1. The molecule has 1 aromatic carbocycles. The fraction of sp³-hybridized carbons (Fsp3) is 0.250. The molecule has 1 rings (SSSR count). The predicted octanol–water partition coefficient (Wildman–Crippen LogP) is 1.03. The lowest BCUT2D eigenvalue weighted by molar-refractivity contribution is 0.209. The number of hydrogen-bond acceptors (Lipinski definition) is 4. The molecule has 5 heteroatoms. The number of nitrogens with zero attached hydrogens (tertiary/aromatic N) is 1. The van der Waals surface area contributed by atoms with Crippen LogP contribution < -0.4 is 15.0 Å². The summed E-state index contributed by atoms with van der Waals surface area (Å²) in [4.78, 5) is 0. The molecule has 0 aliphatic rings. The van der Waals surface area contributed by atoms with Crippen molar-refractivity contribution < 1.29 is 19.8 Å². The van der Waals surface area contributed by atoms with Gasteiger partial charge in [0.25, 0.3) is 0 Å². The van der Waals surface area contributed by atoms with Crippen LogP contribution in [0.2, 0.25) is 0 Å². The lowest BCUT2D eigenvalue weighted by atomic mass is 10.2. The van der Waals surface area contributed by atoms with Crippen LogP contribution in [0.5, 0.6) is 17.2 Å². The number of methoxy groups -OCH3 is 2. The summed E-state index contributed by atoms with van der Waals surface area (Å²) in [5.74, 6) is 0.289. The number of hydrogen-bond donors (Lipinski definition) is 2. The smallest absolute Gasteiger partial charge is 0.200 e. The zero-order valence-corrected chi connectivity index (χ0v) is 7.31. The molecule has 0 atom stereocenters. The van der Waals surface area contributed by atoms with E-state index in [1.165, 1.54) is 26.4 Å². The van der Waals surface area contributed by atoms with Gasteiger partial charge in [0.1, 0.15) is 0 Å². The third kappa shape index (κ3) is 1.75. The summed E-state index contributed by atoms with van der Waals surface area (Å²) >= 11 is 0. The van der Waals surface area contributed by atoms with Gasteiger partial charge in [-0.25, -0.2) is 0 Å². The van der Waals surface area contributed by atoms with Crippen LogP contribution >= 0.6 is 0 Å². The van der Waals surface area contributed by atoms with Gasteiger partial charge in [-0.3, -0.25) is 5.21 Å². The van der Waals surface area contributed by atoms with Gasteiger partial charge < -0.3 is 14.6 Å². The number of rotatable bonds is 3. The minimum absolute atomic E-state index is 0.114. The molecule has 1 radical (unpaired) electrons. The number of benzene rings is 1. The molecule has 13 heavy (non-hydrogen) atoms. The van der Waals surface area contributed by atoms with E-state index >= 15 is 0 Å². The molecule has 1 aromatic rings. The van der Waals surface area contributed by atoms with Crippen molar-refractivity contribution in [1.82, 2.24) is 5.48 Å². The van der Waals surface area contributed by atoms with Gasteiger partial charge in [0.05, 0.1) is 19.9 Å². The standard InChI is InChI=1S/C8H10NO4/c1-12-6-3-5(9-11)4-7(13-2)8(6)10/h3-4,10-11H,1-2H3. The van der Waals surface area contributed by atoms with Crippen molar-refractivity contribution in [2.24, 2.45) is 0 Å². The second-order valence-corrected chi connectivity index (χ2v) is 2.30. The first-order chi connectivity index (χ1) is 6.22. The zero-order valence-electron chi connectivity index (χ0n) is 7.31. The molecule has 0 aliphatic carbocycles. The molecular formula is C8H10NO4. The van der Waals surface area contributed by atoms with Gasteiger partial charge in [0, 0.05) is 12.1 Å². The van der Waals surface area contributed by atoms with E-state index in [0.717, 1.165) is 0 Å². The van der Waals surface area contributed by atoms with E-state index in [1.807, 2.05) is 0 Å². The fourth-order valence-corrected chi connectivity index (χ4v) is 0.937. The Balaban J connectivity index is 3.20. The molecule has 0 aliphatic heterocycles. The van der Waals surface area contributed by atoms with Crippen molar-refractivity contribution >= 4 is 5.69 Å². The Bertz CT molecular complexity index is 275. The lowest BCUT2D eigenvalue weighted by Crippen LogP contribution is -1.93. The Morgan fingerprint density at radius 3 is 1.92 bits per heavy atom. The molecule has 0 bridgehead atoms. The zero-order chi connectivity index (χ0) is 9.84. The summed E-state index contributed by atoms with van der Waals surface area (Å²) in [6.07, 6.45) is 0. The maximum atomic E-state index is 9.44. The Kier molecular flexibility index (Phi) is 2.81. The molecule has 0 aromatic heterocycles. The van der Waals surface area contributed by atoms with Gasteiger partial charge in [0.15, 0.2) is 11.5 Å². The average Bonchev–Trinajstić information content (AvgIpc) is 2.18. The van der Waals surface area contributed by atoms with E-state index < -0.39 is 0 Å². The van der Waals surface area contributed by atoms with Crippen LogP contribution in [0, 0.1) is 0 Å². The van der Waals surface area contributed by atoms with Crippen molar-refractivity contribution in [3.8, 4) is 17.2 Å². The van der Waals surface area contributed by atoms with E-state index in [0.29, 0.717) is 0 Å². The SMILES string of the molecule is COc1cc([N]O)cc(OC)c1O. The lowest BCUT2D eigenvalue weighted by Gasteiger charge is -2.08. The molecule has 0 spiro atoms. The van der Waals surface area contributed by atoms with Gasteiger partial charge in [0.2, 0.25) is 5.75 Å². The van der Waals surface area contributed by atoms with Crippen molar-refractivity contribution in [3.05, 3.63) is 12.1 Å².